The molecule has 0 aliphatic rings. The summed E-state index contributed by atoms with van der Waals surface area (Å²) in [5, 5.41) is 6.50. The van der Waals surface area contributed by atoms with Crippen molar-refractivity contribution in [3.05, 3.63) is 65.7 Å². The van der Waals surface area contributed by atoms with Crippen molar-refractivity contribution in [3.8, 4) is 5.75 Å². The SMILES string of the molecule is CN=C(NCCOc1ccccc1)NCCc1cccc(C(=O)N(C)C)c1.I. The Labute approximate surface area is 184 Å². The molecule has 6 nitrogen and oxygen atoms in total. The second-order valence-corrected chi connectivity index (χ2v) is 6.24. The number of carbonyl (C=O) groups excluding carboxylic acids is 1. The van der Waals surface area contributed by atoms with Gasteiger partial charge in [-0.05, 0) is 36.2 Å². The van der Waals surface area contributed by atoms with Crippen molar-refractivity contribution in [2.75, 3.05) is 40.8 Å². The standard InChI is InChI=1S/C21H28N4O2.HI/c1-22-21(24-14-15-27-19-10-5-4-6-11-19)23-13-12-17-8-7-9-18(16-17)20(26)25(2)3;/h4-11,16H,12-15H2,1-3H3,(H2,22,23,24);1H. The second kappa shape index (κ2) is 13.0. The van der Waals surface area contributed by atoms with Crippen LogP contribution in [0.1, 0.15) is 15.9 Å². The summed E-state index contributed by atoms with van der Waals surface area (Å²) in [7, 11) is 5.26. The molecule has 2 N–H and O–H groups in total. The molecule has 1 amide bonds. The molecule has 2 rings (SSSR count). The Balaban J connectivity index is 0.00000392. The Morgan fingerprint density at radius 1 is 1.04 bits per heavy atom. The zero-order chi connectivity index (χ0) is 19.5. The number of rotatable bonds is 8. The number of halogens is 1. The number of nitrogens with zero attached hydrogens (tertiary/aromatic N) is 2. The first-order valence-electron chi connectivity index (χ1n) is 9.03. The molecule has 152 valence electrons. The summed E-state index contributed by atoms with van der Waals surface area (Å²) < 4.78 is 5.65. The van der Waals surface area contributed by atoms with Gasteiger partial charge in [-0.3, -0.25) is 9.79 Å². The van der Waals surface area contributed by atoms with Gasteiger partial charge in [0.1, 0.15) is 12.4 Å². The lowest BCUT2D eigenvalue weighted by Gasteiger charge is -2.13. The highest BCUT2D eigenvalue weighted by Gasteiger charge is 2.08. The molecular weight excluding hydrogens is 467 g/mol. The van der Waals surface area contributed by atoms with Gasteiger partial charge in [0.05, 0.1) is 6.54 Å². The van der Waals surface area contributed by atoms with Crippen LogP contribution in [0.15, 0.2) is 59.6 Å². The number of hydrogen-bond donors (Lipinski definition) is 2. The third kappa shape index (κ3) is 8.16. The van der Waals surface area contributed by atoms with Crippen molar-refractivity contribution in [1.29, 1.82) is 0 Å². The minimum Gasteiger partial charge on any atom is -0.492 e. The van der Waals surface area contributed by atoms with E-state index in [0.29, 0.717) is 18.7 Å². The van der Waals surface area contributed by atoms with E-state index in [1.807, 2.05) is 54.6 Å². The van der Waals surface area contributed by atoms with Gasteiger partial charge < -0.3 is 20.3 Å². The number of ether oxygens (including phenoxy) is 1. The summed E-state index contributed by atoms with van der Waals surface area (Å²) in [6, 6.07) is 17.4. The molecule has 0 spiro atoms. The van der Waals surface area contributed by atoms with Crippen LogP contribution < -0.4 is 15.4 Å². The predicted molar refractivity (Wildman–Crippen MR) is 125 cm³/mol. The van der Waals surface area contributed by atoms with E-state index >= 15 is 0 Å². The van der Waals surface area contributed by atoms with E-state index in [9.17, 15) is 4.79 Å². The van der Waals surface area contributed by atoms with Crippen molar-refractivity contribution in [2.24, 2.45) is 4.99 Å². The van der Waals surface area contributed by atoms with Crippen LogP contribution in [0, 0.1) is 0 Å². The van der Waals surface area contributed by atoms with Crippen LogP contribution in [0.25, 0.3) is 0 Å². The van der Waals surface area contributed by atoms with E-state index < -0.39 is 0 Å². The highest BCUT2D eigenvalue weighted by atomic mass is 127. The highest BCUT2D eigenvalue weighted by Crippen LogP contribution is 2.08. The Kier molecular flexibility index (Phi) is 11.0. The molecular formula is C21H29IN4O2. The zero-order valence-corrected chi connectivity index (χ0v) is 19.0. The van der Waals surface area contributed by atoms with Crippen molar-refractivity contribution in [2.45, 2.75) is 6.42 Å². The van der Waals surface area contributed by atoms with Crippen molar-refractivity contribution in [1.82, 2.24) is 15.5 Å². The van der Waals surface area contributed by atoms with Crippen LogP contribution in [-0.4, -0.2) is 57.6 Å². The number of benzene rings is 2. The lowest BCUT2D eigenvalue weighted by atomic mass is 10.1. The maximum atomic E-state index is 12.0. The summed E-state index contributed by atoms with van der Waals surface area (Å²) in [6.07, 6.45) is 0.801. The van der Waals surface area contributed by atoms with Crippen molar-refractivity contribution in [3.63, 3.8) is 0 Å². The number of nitrogens with one attached hydrogen (secondary N) is 2. The van der Waals surface area contributed by atoms with E-state index in [-0.39, 0.29) is 29.9 Å². The van der Waals surface area contributed by atoms with Crippen LogP contribution in [-0.2, 0) is 6.42 Å². The minimum atomic E-state index is 0. The van der Waals surface area contributed by atoms with E-state index in [0.717, 1.165) is 30.2 Å². The quantitative estimate of drug-likeness (QED) is 0.256. The average molecular weight is 496 g/mol. The number of para-hydroxylation sites is 1. The molecule has 28 heavy (non-hydrogen) atoms. The van der Waals surface area contributed by atoms with Gasteiger partial charge in [-0.25, -0.2) is 0 Å². The summed E-state index contributed by atoms with van der Waals surface area (Å²) in [6.45, 7) is 1.93. The minimum absolute atomic E-state index is 0. The van der Waals surface area contributed by atoms with E-state index in [1.165, 1.54) is 0 Å². The first kappa shape index (κ1) is 23.7. The monoisotopic (exact) mass is 496 g/mol. The van der Waals surface area contributed by atoms with Crippen LogP contribution >= 0.6 is 24.0 Å². The third-order valence-corrected chi connectivity index (χ3v) is 3.92. The molecule has 2 aromatic rings. The van der Waals surface area contributed by atoms with Gasteiger partial charge in [0.2, 0.25) is 0 Å². The topological polar surface area (TPSA) is 66.0 Å². The van der Waals surface area contributed by atoms with Crippen LogP contribution in [0.5, 0.6) is 5.75 Å². The molecule has 7 heteroatoms. The molecule has 0 atom stereocenters. The van der Waals surface area contributed by atoms with Crippen molar-refractivity contribution >= 4 is 35.8 Å². The second-order valence-electron chi connectivity index (χ2n) is 6.24. The molecule has 0 aromatic heterocycles. The maximum Gasteiger partial charge on any atom is 0.253 e. The summed E-state index contributed by atoms with van der Waals surface area (Å²) in [5.41, 5.74) is 1.82. The summed E-state index contributed by atoms with van der Waals surface area (Å²) in [5.74, 6) is 1.60. The summed E-state index contributed by atoms with van der Waals surface area (Å²) >= 11 is 0. The van der Waals surface area contributed by atoms with Crippen LogP contribution in [0.4, 0.5) is 0 Å². The summed E-state index contributed by atoms with van der Waals surface area (Å²) in [4.78, 5) is 17.8. The molecule has 0 aliphatic heterocycles. The first-order chi connectivity index (χ1) is 13.1. The van der Waals surface area contributed by atoms with E-state index in [2.05, 4.69) is 15.6 Å². The Morgan fingerprint density at radius 2 is 1.75 bits per heavy atom. The average Bonchev–Trinajstić information content (AvgIpc) is 2.70. The number of amides is 1. The Morgan fingerprint density at radius 3 is 2.43 bits per heavy atom. The number of carbonyl (C=O) groups is 1. The molecule has 2 aromatic carbocycles. The maximum absolute atomic E-state index is 12.0. The van der Waals surface area contributed by atoms with E-state index in [4.69, 9.17) is 4.74 Å². The Hall–Kier alpha value is -2.29. The fraction of sp³-hybridized carbons (Fsp3) is 0.333. The molecule has 0 saturated heterocycles. The number of aliphatic imine (C=N–C) groups is 1. The van der Waals surface area contributed by atoms with Gasteiger partial charge in [0.25, 0.3) is 5.91 Å². The normalized spacial score (nSPS) is 10.6. The van der Waals surface area contributed by atoms with Gasteiger partial charge in [0.15, 0.2) is 5.96 Å². The molecule has 0 unspecified atom stereocenters. The largest absolute Gasteiger partial charge is 0.492 e. The number of guanidine groups is 1. The smallest absolute Gasteiger partial charge is 0.253 e. The molecule has 0 saturated carbocycles. The van der Waals surface area contributed by atoms with E-state index in [1.54, 1.807) is 26.0 Å². The predicted octanol–water partition coefficient (Wildman–Crippen LogP) is 2.79. The molecule has 0 fully saturated rings. The lowest BCUT2D eigenvalue weighted by molar-refractivity contribution is 0.0827. The first-order valence-corrected chi connectivity index (χ1v) is 9.03. The molecule has 0 radical (unpaired) electrons. The molecule has 0 heterocycles. The van der Waals surface area contributed by atoms with Crippen LogP contribution in [0.2, 0.25) is 0 Å². The highest BCUT2D eigenvalue weighted by molar-refractivity contribution is 14.0. The molecule has 0 aliphatic carbocycles. The van der Waals surface area contributed by atoms with Gasteiger partial charge in [-0.2, -0.15) is 0 Å². The zero-order valence-electron chi connectivity index (χ0n) is 16.6. The lowest BCUT2D eigenvalue weighted by Crippen LogP contribution is -2.40. The van der Waals surface area contributed by atoms with Gasteiger partial charge in [-0.1, -0.05) is 30.3 Å². The van der Waals surface area contributed by atoms with Gasteiger partial charge >= 0.3 is 0 Å². The van der Waals surface area contributed by atoms with Crippen LogP contribution in [0.3, 0.4) is 0 Å². The number of hydrogen-bond acceptors (Lipinski definition) is 3. The van der Waals surface area contributed by atoms with Gasteiger partial charge in [-0.15, -0.1) is 24.0 Å². The third-order valence-electron chi connectivity index (χ3n) is 3.92. The Bertz CT molecular complexity index is 751. The van der Waals surface area contributed by atoms with Gasteiger partial charge in [0, 0.05) is 33.3 Å². The fourth-order valence-corrected chi connectivity index (χ4v) is 2.52. The molecule has 0 bridgehead atoms. The fourth-order valence-electron chi connectivity index (χ4n) is 2.52. The van der Waals surface area contributed by atoms with Crippen molar-refractivity contribution < 1.29 is 9.53 Å².